The molecule has 1 atom stereocenters. The molecule has 0 bridgehead atoms. The van der Waals surface area contributed by atoms with Crippen LogP contribution in [-0.2, 0) is 78.4 Å². The number of hydrogen-bond acceptors (Lipinski definition) is 10. The fourth-order valence-corrected chi connectivity index (χ4v) is 9.96. The van der Waals surface area contributed by atoms with E-state index in [2.05, 4.69) is 9.97 Å². The minimum absolute atomic E-state index is 0.0507. The lowest BCUT2D eigenvalue weighted by Crippen LogP contribution is -2.42. The lowest BCUT2D eigenvalue weighted by atomic mass is 9.98. The van der Waals surface area contributed by atoms with Crippen molar-refractivity contribution in [3.63, 3.8) is 0 Å². The highest BCUT2D eigenvalue weighted by molar-refractivity contribution is 7.98. The predicted molar refractivity (Wildman–Crippen MR) is 363 cm³/mol. The van der Waals surface area contributed by atoms with Gasteiger partial charge in [-0.25, -0.2) is 8.78 Å². The standard InChI is InChI=1S/2C37H40F4N4O2S/c1-4-43(5-2)21-22-44(25(3)27-11-13-28(14-12-27)29-15-17-30(18-16-29)37(39,40)41)34(46)23-45-33-8-6-7-32(33)35(47)42-36(45)48-24-26-9-19-31(38)20-10-26;1-4-43(5-2)19-20-44(22-26-9-13-28(14-10-26)29-15-18-32(25(3)21-29)37(39,40)41)34(46)23-45-33-8-6-7-31(33)35(47)42-36(45)48-24-27-11-16-30(38)17-12-27/h9-20,25H,4-8,21-24H2,1-3H3;9-18,21H,4-8,19-20,22-24H2,1-3H3/i4D2,5D2,21D2,22D2,23D2,24D2,25D;4D2,5D2,6D2,7D2,8D2,9D,10D,11D,12D,13D,14D,15D,16D,17D,18D,19D2,20D2,21D,22D2,23D2,24D2. The average Bonchev–Trinajstić information content (AvgIpc) is 1.49. The van der Waals surface area contributed by atoms with Crippen molar-refractivity contribution in [2.45, 2.75) is 140 Å². The Hall–Kier alpha value is -7.92. The van der Waals surface area contributed by atoms with E-state index in [1.54, 1.807) is 0 Å². The number of thioether (sulfide) groups is 2. The number of hydrogen-bond donors (Lipinski definition) is 0. The van der Waals surface area contributed by atoms with E-state index in [0.717, 1.165) is 69.3 Å². The summed E-state index contributed by atoms with van der Waals surface area (Å²) in [6.45, 7) is -40.4. The Balaban J connectivity index is 0.000000323. The van der Waals surface area contributed by atoms with E-state index in [1.807, 2.05) is 0 Å². The molecule has 0 aliphatic heterocycles. The van der Waals surface area contributed by atoms with E-state index in [4.69, 9.17) is 45.2 Å². The summed E-state index contributed by atoms with van der Waals surface area (Å²) in [4.78, 5) is 63.0. The van der Waals surface area contributed by atoms with Crippen LogP contribution < -0.4 is 11.1 Å². The third-order valence-electron chi connectivity index (χ3n) is 13.3. The van der Waals surface area contributed by atoms with Crippen LogP contribution >= 0.6 is 23.5 Å². The Morgan fingerprint density at radius 2 is 1.15 bits per heavy atom. The number of alkyl halides is 6. The number of fused-ring (bicyclic) bond motifs is 2. The average molecular weight is 1410 g/mol. The van der Waals surface area contributed by atoms with Gasteiger partial charge in [0.15, 0.2) is 10.3 Å². The van der Waals surface area contributed by atoms with Crippen molar-refractivity contribution in [2.24, 2.45) is 0 Å². The Kier molecular flexibility index (Phi) is 11.7. The summed E-state index contributed by atoms with van der Waals surface area (Å²) in [7, 11) is 0. The summed E-state index contributed by atoms with van der Waals surface area (Å²) < 4.78 is 496. The second-order valence-corrected chi connectivity index (χ2v) is 21.0. The smallest absolute Gasteiger partial charge is 0.336 e. The molecule has 508 valence electrons. The Labute approximate surface area is 625 Å². The third kappa shape index (κ3) is 18.6. The van der Waals surface area contributed by atoms with Gasteiger partial charge in [0.1, 0.15) is 24.6 Å². The van der Waals surface area contributed by atoms with Crippen molar-refractivity contribution in [3.05, 3.63) is 233 Å². The first-order chi connectivity index (χ1) is 62.6. The summed E-state index contributed by atoms with van der Waals surface area (Å²) >= 11 is -0.628. The molecule has 0 saturated heterocycles. The third-order valence-corrected chi connectivity index (χ3v) is 14.9. The van der Waals surface area contributed by atoms with Crippen LogP contribution in [0.3, 0.4) is 0 Å². The number of aromatic nitrogens is 4. The fourth-order valence-electron chi connectivity index (χ4n) is 8.59. The molecule has 2 aliphatic rings. The number of likely N-dealkylation sites (N-methyl/N-ethyl adjacent to an activating group) is 2. The lowest BCUT2D eigenvalue weighted by molar-refractivity contribution is -0.138. The van der Waals surface area contributed by atoms with Gasteiger partial charge < -0.3 is 28.7 Å². The highest BCUT2D eigenvalue weighted by Gasteiger charge is 2.34. The molecule has 96 heavy (non-hydrogen) atoms. The van der Waals surface area contributed by atoms with Crippen LogP contribution in [-0.4, -0.2) is 102 Å². The van der Waals surface area contributed by atoms with Gasteiger partial charge in [-0.3, -0.25) is 19.2 Å². The quantitative estimate of drug-likeness (QED) is 0.0295. The van der Waals surface area contributed by atoms with Crippen molar-refractivity contribution in [3.8, 4) is 22.3 Å². The maximum atomic E-state index is 15.6. The minimum Gasteiger partial charge on any atom is -0.336 e. The molecule has 2 heterocycles. The first-order valence-corrected chi connectivity index (χ1v) is 29.4. The van der Waals surface area contributed by atoms with E-state index in [0.29, 0.717) is 25.3 Å². The molecule has 0 saturated carbocycles. The first kappa shape index (κ1) is 34.0. The summed E-state index contributed by atoms with van der Waals surface area (Å²) in [6.07, 6.45) is -22.1. The monoisotopic (exact) mass is 1400 g/mol. The molecule has 8 aromatic rings. The summed E-state index contributed by atoms with van der Waals surface area (Å²) in [5, 5.41) is -2.58. The number of carbonyl (C=O) groups is 2. The Morgan fingerprint density at radius 1 is 0.604 bits per heavy atom. The van der Waals surface area contributed by atoms with E-state index in [1.165, 1.54) is 24.3 Å². The van der Waals surface area contributed by atoms with Crippen LogP contribution in [0.5, 0.6) is 0 Å². The van der Waals surface area contributed by atoms with Gasteiger partial charge in [0, 0.05) is 96.6 Å². The SMILES string of the molecule is [2H]C([2H])(Sc1nc(=O)c2c(n1C([2H])([2H])C(=O)N(C([2H])(C)c1ccc(-c3ccc(C(F)(F)F)cc3)cc1)C([2H])([2H])C([2H])([2H])N(C([2H])([2H])C)C([2H])([2H])C)CCC2)c1ccc(F)cc1.[2H]c1c([2H])c(C([2H])([2H])Sc2nc(=O)c3c(n2C([2H])([2H])C(=O)N(C([2H])([2H])c2c([2H])c([2H])c(-c4c([2H])c([2H])c(C(F)(F)F)c(C)c4[2H])c([2H])c2[2H])C([2H])([2H])C([2H])([2H])N(C([2H])([2H])C)C([2H])([2H])C)C([2H])([2H])C([2H])([2H])C3([2H])[2H])c([2H])c([2H])c1F. The molecule has 0 fully saturated rings. The minimum atomic E-state index is -5.40. The van der Waals surface area contributed by atoms with Gasteiger partial charge in [0.05, 0.1) is 47.3 Å². The normalized spacial score (nSPS) is 23.7. The molecule has 12 nitrogen and oxygen atoms in total. The highest BCUT2D eigenvalue weighted by Crippen LogP contribution is 2.36. The van der Waals surface area contributed by atoms with Gasteiger partial charge in [0.2, 0.25) is 11.8 Å². The maximum Gasteiger partial charge on any atom is 0.416 e. The van der Waals surface area contributed by atoms with Gasteiger partial charge in [-0.15, -0.1) is 0 Å². The van der Waals surface area contributed by atoms with Gasteiger partial charge >= 0.3 is 12.4 Å². The number of amides is 2. The van der Waals surface area contributed by atoms with E-state index in [-0.39, 0.29) is 74.3 Å². The molecule has 0 spiro atoms. The highest BCUT2D eigenvalue weighted by atomic mass is 32.2. The molecule has 2 amide bonds. The number of rotatable bonds is 26. The molecule has 22 heteroatoms. The van der Waals surface area contributed by atoms with Gasteiger partial charge in [0.25, 0.3) is 11.1 Å². The second kappa shape index (κ2) is 32.9. The van der Waals surface area contributed by atoms with E-state index >= 15 is 9.59 Å². The van der Waals surface area contributed by atoms with Gasteiger partial charge in [-0.05, 0) is 171 Å². The fraction of sp³-hybridized carbons (Fsp3) is 0.378. The summed E-state index contributed by atoms with van der Waals surface area (Å²) in [5.41, 5.74) is -23.2. The topological polar surface area (TPSA) is 117 Å². The van der Waals surface area contributed by atoms with Gasteiger partial charge in [-0.1, -0.05) is 148 Å². The zero-order chi connectivity index (χ0) is 108. The van der Waals surface area contributed by atoms with Crippen LogP contribution in [0, 0.1) is 18.6 Å². The predicted octanol–water partition coefficient (Wildman–Crippen LogP) is 15.3. The Bertz CT molecular complexity index is 6270. The molecule has 2 aliphatic carbocycles. The molecular formula is C74H80F8N8O4S2. The molecule has 2 aromatic heterocycles. The van der Waals surface area contributed by atoms with Crippen molar-refractivity contribution in [1.29, 1.82) is 0 Å². The lowest BCUT2D eigenvalue weighted by Gasteiger charge is -2.33. The molecule has 0 N–H and O–H groups in total. The molecule has 10 rings (SSSR count). The van der Waals surface area contributed by atoms with Crippen LogP contribution in [0.15, 0.2) is 159 Å². The number of carbonyl (C=O) groups excluding carboxylic acids is 2. The van der Waals surface area contributed by atoms with Crippen LogP contribution in [0.2, 0.25) is 0 Å². The number of nitrogens with zero attached hydrogens (tertiary/aromatic N) is 8. The molecule has 6 aromatic carbocycles. The van der Waals surface area contributed by atoms with Crippen molar-refractivity contribution in [1.82, 2.24) is 38.7 Å². The zero-order valence-corrected chi connectivity index (χ0v) is 52.2. The summed E-state index contributed by atoms with van der Waals surface area (Å²) in [6, 6.07) is -7.63. The first-order valence-electron chi connectivity index (χ1n) is 49.7. The van der Waals surface area contributed by atoms with Crippen molar-refractivity contribution < 1.29 is 105 Å². The number of benzene rings is 6. The molecule has 1 unspecified atom stereocenters. The van der Waals surface area contributed by atoms with Crippen LogP contribution in [0.1, 0.15) is 175 Å². The van der Waals surface area contributed by atoms with E-state index in [9.17, 15) is 59.8 Å². The zero-order valence-electron chi connectivity index (χ0n) is 94.6. The van der Waals surface area contributed by atoms with Gasteiger partial charge in [-0.2, -0.15) is 36.3 Å². The second-order valence-electron chi connectivity index (χ2n) is 19.4. The van der Waals surface area contributed by atoms with Crippen molar-refractivity contribution >= 4 is 35.3 Å². The maximum absolute atomic E-state index is 15.6. The molecule has 0 radical (unpaired) electrons. The molecular weight excluding hydrogens is 1280 g/mol. The Morgan fingerprint density at radius 3 is 1.74 bits per heavy atom. The number of halogens is 8. The largest absolute Gasteiger partial charge is 0.416 e. The van der Waals surface area contributed by atoms with Crippen LogP contribution in [0.4, 0.5) is 35.1 Å². The summed E-state index contributed by atoms with van der Waals surface area (Å²) in [5.74, 6) is -7.68. The van der Waals surface area contributed by atoms with Crippen LogP contribution in [0.25, 0.3) is 22.3 Å². The van der Waals surface area contributed by atoms with E-state index < -0.39 is 308 Å². The van der Waals surface area contributed by atoms with Crippen molar-refractivity contribution in [2.75, 3.05) is 52.0 Å².